The predicted octanol–water partition coefficient (Wildman–Crippen LogP) is 4.18. The van der Waals surface area contributed by atoms with Crippen molar-refractivity contribution in [2.75, 3.05) is 29.2 Å². The fraction of sp³-hybridized carbons (Fsp3) is 0.476. The Bertz CT molecular complexity index is 908. The molecule has 2 aromatic rings. The van der Waals surface area contributed by atoms with Gasteiger partial charge in [-0.15, -0.1) is 0 Å². The highest BCUT2D eigenvalue weighted by molar-refractivity contribution is 5.91. The van der Waals surface area contributed by atoms with Crippen molar-refractivity contribution >= 4 is 23.5 Å². The lowest BCUT2D eigenvalue weighted by Gasteiger charge is -2.36. The molecule has 1 aliphatic carbocycles. The summed E-state index contributed by atoms with van der Waals surface area (Å²) in [5.74, 6) is 1.39. The van der Waals surface area contributed by atoms with Crippen molar-refractivity contribution in [3.05, 3.63) is 41.6 Å². The van der Waals surface area contributed by atoms with Gasteiger partial charge in [-0.3, -0.25) is 4.90 Å². The standard InChI is InChI=1S/C21H27F3N6O/c1-13-12-26-20(28-18(13)29(2)3)27-15-6-10-17(11-7-15)30(19(25)31)16-8-4-14(5-9-16)21(22,23)24/h4-5,8-9,12,15,17H,6-7,10-11H2,1-3H3,(H2,25,31)(H,26,27,28)/t15-,17+. The molecule has 0 radical (unpaired) electrons. The van der Waals surface area contributed by atoms with Crippen LogP contribution in [0.5, 0.6) is 0 Å². The topological polar surface area (TPSA) is 87.4 Å². The maximum Gasteiger partial charge on any atom is 0.416 e. The summed E-state index contributed by atoms with van der Waals surface area (Å²) in [5.41, 5.74) is 6.15. The summed E-state index contributed by atoms with van der Waals surface area (Å²) in [7, 11) is 3.84. The summed E-state index contributed by atoms with van der Waals surface area (Å²) in [4.78, 5) is 24.3. The minimum Gasteiger partial charge on any atom is -0.362 e. The molecule has 1 aliphatic rings. The van der Waals surface area contributed by atoms with Gasteiger partial charge in [0.25, 0.3) is 0 Å². The molecule has 7 nitrogen and oxygen atoms in total. The number of anilines is 3. The van der Waals surface area contributed by atoms with Gasteiger partial charge in [-0.05, 0) is 56.9 Å². The normalized spacial score (nSPS) is 19.0. The molecule has 1 heterocycles. The number of aromatic nitrogens is 2. The first-order chi connectivity index (χ1) is 14.6. The third-order valence-electron chi connectivity index (χ3n) is 5.47. The summed E-state index contributed by atoms with van der Waals surface area (Å²) in [5, 5.41) is 3.35. The molecule has 3 rings (SSSR count). The number of nitrogens with one attached hydrogen (secondary N) is 1. The zero-order valence-corrected chi connectivity index (χ0v) is 17.8. The predicted molar refractivity (Wildman–Crippen MR) is 114 cm³/mol. The van der Waals surface area contributed by atoms with Crippen LogP contribution < -0.4 is 20.9 Å². The van der Waals surface area contributed by atoms with Gasteiger partial charge in [0.2, 0.25) is 5.95 Å². The molecule has 168 valence electrons. The van der Waals surface area contributed by atoms with Gasteiger partial charge < -0.3 is 16.0 Å². The largest absolute Gasteiger partial charge is 0.416 e. The average molecular weight is 436 g/mol. The van der Waals surface area contributed by atoms with Crippen molar-refractivity contribution in [3.63, 3.8) is 0 Å². The van der Waals surface area contributed by atoms with Gasteiger partial charge in [0.15, 0.2) is 0 Å². The molecule has 10 heteroatoms. The van der Waals surface area contributed by atoms with E-state index in [2.05, 4.69) is 15.3 Å². The van der Waals surface area contributed by atoms with E-state index in [1.54, 1.807) is 6.20 Å². The highest BCUT2D eigenvalue weighted by Gasteiger charge is 2.32. The minimum atomic E-state index is -4.43. The molecule has 1 fully saturated rings. The van der Waals surface area contributed by atoms with E-state index < -0.39 is 17.8 Å². The van der Waals surface area contributed by atoms with Gasteiger partial charge >= 0.3 is 12.2 Å². The van der Waals surface area contributed by atoms with Gasteiger partial charge in [0.1, 0.15) is 5.82 Å². The number of urea groups is 1. The number of alkyl halides is 3. The van der Waals surface area contributed by atoms with Gasteiger partial charge in [-0.1, -0.05) is 0 Å². The Balaban J connectivity index is 1.65. The van der Waals surface area contributed by atoms with E-state index in [0.29, 0.717) is 24.5 Å². The van der Waals surface area contributed by atoms with E-state index in [4.69, 9.17) is 5.73 Å². The average Bonchev–Trinajstić information content (AvgIpc) is 2.70. The highest BCUT2D eigenvalue weighted by Crippen LogP contribution is 2.33. The van der Waals surface area contributed by atoms with E-state index in [9.17, 15) is 18.0 Å². The van der Waals surface area contributed by atoms with E-state index >= 15 is 0 Å². The number of aryl methyl sites for hydroxylation is 1. The van der Waals surface area contributed by atoms with Crippen LogP contribution in [0.4, 0.5) is 35.4 Å². The molecular weight excluding hydrogens is 409 g/mol. The number of carbonyl (C=O) groups excluding carboxylic acids is 1. The molecule has 0 saturated heterocycles. The van der Waals surface area contributed by atoms with Crippen molar-refractivity contribution in [1.82, 2.24) is 9.97 Å². The van der Waals surface area contributed by atoms with E-state index in [-0.39, 0.29) is 12.1 Å². The fourth-order valence-electron chi connectivity index (χ4n) is 3.95. The molecule has 31 heavy (non-hydrogen) atoms. The SMILES string of the molecule is Cc1cnc(N[C@H]2CC[C@@H](N(C(N)=O)c3ccc(C(F)(F)F)cc3)CC2)nc1N(C)C. The van der Waals surface area contributed by atoms with Crippen LogP contribution in [0.2, 0.25) is 0 Å². The van der Waals surface area contributed by atoms with Crippen molar-refractivity contribution in [2.24, 2.45) is 5.73 Å². The third kappa shape index (κ3) is 5.36. The number of rotatable bonds is 5. The molecular formula is C21H27F3N6O. The molecule has 1 saturated carbocycles. The number of nitrogens with zero attached hydrogens (tertiary/aromatic N) is 4. The Morgan fingerprint density at radius 2 is 1.74 bits per heavy atom. The van der Waals surface area contributed by atoms with Crippen LogP contribution in [-0.2, 0) is 6.18 Å². The Kier molecular flexibility index (Phi) is 6.56. The number of primary amides is 1. The Labute approximate surface area is 179 Å². The Hall–Kier alpha value is -3.04. The van der Waals surface area contributed by atoms with Crippen LogP contribution in [-0.4, -0.2) is 42.2 Å². The van der Waals surface area contributed by atoms with E-state index in [0.717, 1.165) is 36.4 Å². The second-order valence-electron chi connectivity index (χ2n) is 8.00. The van der Waals surface area contributed by atoms with Crippen LogP contribution in [0.3, 0.4) is 0 Å². The number of carbonyl (C=O) groups is 1. The molecule has 0 bridgehead atoms. The van der Waals surface area contributed by atoms with Crippen molar-refractivity contribution in [1.29, 1.82) is 0 Å². The Morgan fingerprint density at radius 1 is 1.13 bits per heavy atom. The first-order valence-corrected chi connectivity index (χ1v) is 10.1. The monoisotopic (exact) mass is 436 g/mol. The smallest absolute Gasteiger partial charge is 0.362 e. The van der Waals surface area contributed by atoms with E-state index in [1.807, 2.05) is 25.9 Å². The van der Waals surface area contributed by atoms with E-state index in [1.165, 1.54) is 17.0 Å². The summed E-state index contributed by atoms with van der Waals surface area (Å²) >= 11 is 0. The van der Waals surface area contributed by atoms with Crippen LogP contribution in [0.25, 0.3) is 0 Å². The first-order valence-electron chi connectivity index (χ1n) is 10.1. The summed E-state index contributed by atoms with van der Waals surface area (Å²) in [6.07, 6.45) is 0.176. The van der Waals surface area contributed by atoms with Gasteiger partial charge in [0.05, 0.1) is 5.56 Å². The maximum atomic E-state index is 12.8. The Morgan fingerprint density at radius 3 is 2.26 bits per heavy atom. The summed E-state index contributed by atoms with van der Waals surface area (Å²) in [6.45, 7) is 1.95. The molecule has 0 unspecified atom stereocenters. The molecule has 1 aromatic heterocycles. The number of nitrogens with two attached hydrogens (primary N) is 1. The fourth-order valence-corrected chi connectivity index (χ4v) is 3.95. The number of amides is 2. The van der Waals surface area contributed by atoms with Crippen molar-refractivity contribution in [3.8, 4) is 0 Å². The molecule has 0 spiro atoms. The van der Waals surface area contributed by atoms with Gasteiger partial charge in [-0.25, -0.2) is 9.78 Å². The lowest BCUT2D eigenvalue weighted by Crippen LogP contribution is -2.46. The molecule has 2 amide bonds. The van der Waals surface area contributed by atoms with Crippen LogP contribution in [0.1, 0.15) is 36.8 Å². The molecule has 1 aromatic carbocycles. The van der Waals surface area contributed by atoms with Gasteiger partial charge in [0, 0.05) is 43.6 Å². The van der Waals surface area contributed by atoms with Gasteiger partial charge in [-0.2, -0.15) is 18.2 Å². The zero-order chi connectivity index (χ0) is 22.8. The lowest BCUT2D eigenvalue weighted by atomic mass is 9.90. The highest BCUT2D eigenvalue weighted by atomic mass is 19.4. The third-order valence-corrected chi connectivity index (χ3v) is 5.47. The van der Waals surface area contributed by atoms with Crippen LogP contribution in [0, 0.1) is 6.92 Å². The second kappa shape index (κ2) is 8.99. The van der Waals surface area contributed by atoms with Crippen LogP contribution >= 0.6 is 0 Å². The molecule has 0 aliphatic heterocycles. The number of hydrogen-bond donors (Lipinski definition) is 2. The lowest BCUT2D eigenvalue weighted by molar-refractivity contribution is -0.137. The number of halogens is 3. The van der Waals surface area contributed by atoms with Crippen molar-refractivity contribution in [2.45, 2.75) is 50.9 Å². The second-order valence-corrected chi connectivity index (χ2v) is 8.00. The number of benzene rings is 1. The summed E-state index contributed by atoms with van der Waals surface area (Å²) in [6, 6.07) is 3.81. The maximum absolute atomic E-state index is 12.8. The van der Waals surface area contributed by atoms with Crippen LogP contribution in [0.15, 0.2) is 30.5 Å². The number of hydrogen-bond acceptors (Lipinski definition) is 5. The molecule has 0 atom stereocenters. The summed E-state index contributed by atoms with van der Waals surface area (Å²) < 4.78 is 38.5. The minimum absolute atomic E-state index is 0.135. The zero-order valence-electron chi connectivity index (χ0n) is 17.8. The van der Waals surface area contributed by atoms with Crippen molar-refractivity contribution < 1.29 is 18.0 Å². The quantitative estimate of drug-likeness (QED) is 0.734. The molecule has 3 N–H and O–H groups in total. The first kappa shape index (κ1) is 22.6.